The monoisotopic (exact) mass is 438 g/mol. The normalized spacial score (nSPS) is 14.7. The lowest BCUT2D eigenvalue weighted by Crippen LogP contribution is -2.50. The highest BCUT2D eigenvalue weighted by Crippen LogP contribution is 2.20. The summed E-state index contributed by atoms with van der Waals surface area (Å²) in [6.45, 7) is 0.970. The fourth-order valence-corrected chi connectivity index (χ4v) is 4.99. The molecule has 5 nitrogen and oxygen atoms in total. The quantitative estimate of drug-likeness (QED) is 0.642. The smallest absolute Gasteiger partial charge is 0.241 e. The van der Waals surface area contributed by atoms with Crippen molar-refractivity contribution < 1.29 is 17.6 Å². The van der Waals surface area contributed by atoms with E-state index in [-0.39, 0.29) is 17.2 Å². The SMILES string of the molecule is O=C(C(Cc1ccccc1)NS(=O)(=O)c1ccc(F)cc1)N1CCc2ccccc2C1. The summed E-state index contributed by atoms with van der Waals surface area (Å²) in [6.07, 6.45) is 0.947. The van der Waals surface area contributed by atoms with Crippen LogP contribution in [0.4, 0.5) is 4.39 Å². The molecule has 1 N–H and O–H groups in total. The molecule has 0 radical (unpaired) electrons. The van der Waals surface area contributed by atoms with Gasteiger partial charge in [0.1, 0.15) is 11.9 Å². The summed E-state index contributed by atoms with van der Waals surface area (Å²) in [5, 5.41) is 0. The molecule has 0 aliphatic carbocycles. The number of fused-ring (bicyclic) bond motifs is 1. The van der Waals surface area contributed by atoms with E-state index in [2.05, 4.69) is 10.8 Å². The molecular formula is C24H23FN2O3S. The van der Waals surface area contributed by atoms with Gasteiger partial charge in [0.2, 0.25) is 15.9 Å². The zero-order valence-electron chi connectivity index (χ0n) is 16.9. The molecule has 1 atom stereocenters. The second kappa shape index (κ2) is 8.99. The number of nitrogens with zero attached hydrogens (tertiary/aromatic N) is 1. The first-order valence-electron chi connectivity index (χ1n) is 10.1. The first-order valence-corrected chi connectivity index (χ1v) is 11.6. The Morgan fingerprint density at radius 1 is 0.935 bits per heavy atom. The molecular weight excluding hydrogens is 415 g/mol. The first kappa shape index (κ1) is 21.2. The van der Waals surface area contributed by atoms with Crippen molar-refractivity contribution in [2.45, 2.75) is 30.3 Å². The van der Waals surface area contributed by atoms with Crippen LogP contribution in [0.5, 0.6) is 0 Å². The van der Waals surface area contributed by atoms with E-state index in [4.69, 9.17) is 0 Å². The predicted molar refractivity (Wildman–Crippen MR) is 116 cm³/mol. The third-order valence-corrected chi connectivity index (χ3v) is 6.93. The molecule has 0 bridgehead atoms. The van der Waals surface area contributed by atoms with Gasteiger partial charge < -0.3 is 4.90 Å². The van der Waals surface area contributed by atoms with Gasteiger partial charge in [0.15, 0.2) is 0 Å². The van der Waals surface area contributed by atoms with Crippen molar-refractivity contribution in [3.8, 4) is 0 Å². The molecule has 0 saturated heterocycles. The Morgan fingerprint density at radius 3 is 2.29 bits per heavy atom. The van der Waals surface area contributed by atoms with Crippen LogP contribution in [0.15, 0.2) is 83.8 Å². The van der Waals surface area contributed by atoms with Crippen molar-refractivity contribution in [2.24, 2.45) is 0 Å². The summed E-state index contributed by atoms with van der Waals surface area (Å²) in [6, 6.07) is 20.8. The molecule has 0 saturated carbocycles. The molecule has 31 heavy (non-hydrogen) atoms. The van der Waals surface area contributed by atoms with E-state index < -0.39 is 21.9 Å². The maximum Gasteiger partial charge on any atom is 0.241 e. The number of amides is 1. The Kier molecular flexibility index (Phi) is 6.15. The number of nitrogens with one attached hydrogen (secondary N) is 1. The van der Waals surface area contributed by atoms with E-state index in [9.17, 15) is 17.6 Å². The Labute approximate surface area is 181 Å². The number of sulfonamides is 1. The number of hydrogen-bond donors (Lipinski definition) is 1. The summed E-state index contributed by atoms with van der Waals surface area (Å²) in [4.78, 5) is 15.0. The summed E-state index contributed by atoms with van der Waals surface area (Å²) in [5.41, 5.74) is 3.13. The topological polar surface area (TPSA) is 66.5 Å². The minimum atomic E-state index is -4.00. The fourth-order valence-electron chi connectivity index (χ4n) is 3.80. The maximum atomic E-state index is 13.4. The highest BCUT2D eigenvalue weighted by atomic mass is 32.2. The van der Waals surface area contributed by atoms with Gasteiger partial charge in [0.25, 0.3) is 0 Å². The second-order valence-corrected chi connectivity index (χ2v) is 9.31. The van der Waals surface area contributed by atoms with Crippen LogP contribution in [-0.4, -0.2) is 31.8 Å². The van der Waals surface area contributed by atoms with Crippen molar-refractivity contribution in [3.63, 3.8) is 0 Å². The van der Waals surface area contributed by atoms with Crippen LogP contribution in [0.3, 0.4) is 0 Å². The van der Waals surface area contributed by atoms with Crippen LogP contribution in [-0.2, 0) is 34.2 Å². The maximum absolute atomic E-state index is 13.4. The van der Waals surface area contributed by atoms with E-state index in [1.807, 2.05) is 48.5 Å². The average molecular weight is 439 g/mol. The Bertz CT molecular complexity index is 1160. The van der Waals surface area contributed by atoms with Crippen LogP contribution < -0.4 is 4.72 Å². The summed E-state index contributed by atoms with van der Waals surface area (Å²) in [7, 11) is -4.00. The third kappa shape index (κ3) is 5.00. The van der Waals surface area contributed by atoms with Crippen LogP contribution in [0.25, 0.3) is 0 Å². The molecule has 0 spiro atoms. The van der Waals surface area contributed by atoms with E-state index in [0.717, 1.165) is 29.7 Å². The van der Waals surface area contributed by atoms with Gasteiger partial charge in [0.05, 0.1) is 4.90 Å². The minimum absolute atomic E-state index is 0.0799. The van der Waals surface area contributed by atoms with Crippen LogP contribution in [0.2, 0.25) is 0 Å². The number of halogens is 1. The standard InChI is InChI=1S/C24H23FN2O3S/c25-21-10-12-22(13-11-21)31(29,30)26-23(16-18-6-2-1-3-7-18)24(28)27-15-14-19-8-4-5-9-20(19)17-27/h1-13,23,26H,14-17H2. The molecule has 3 aromatic carbocycles. The van der Waals surface area contributed by atoms with Gasteiger partial charge in [-0.2, -0.15) is 4.72 Å². The molecule has 1 unspecified atom stereocenters. The van der Waals surface area contributed by atoms with Crippen molar-refractivity contribution in [1.29, 1.82) is 0 Å². The largest absolute Gasteiger partial charge is 0.337 e. The molecule has 1 amide bonds. The minimum Gasteiger partial charge on any atom is -0.337 e. The average Bonchev–Trinajstić information content (AvgIpc) is 2.78. The van der Waals surface area contributed by atoms with Crippen LogP contribution >= 0.6 is 0 Å². The van der Waals surface area contributed by atoms with Crippen molar-refractivity contribution in [2.75, 3.05) is 6.54 Å². The number of carbonyl (C=O) groups is 1. The molecule has 3 aromatic rings. The number of rotatable bonds is 6. The van der Waals surface area contributed by atoms with Gasteiger partial charge in [-0.3, -0.25) is 4.79 Å². The lowest BCUT2D eigenvalue weighted by Gasteiger charge is -2.32. The van der Waals surface area contributed by atoms with Gasteiger partial charge in [0, 0.05) is 13.1 Å². The summed E-state index contributed by atoms with van der Waals surface area (Å²) < 4.78 is 41.6. The molecule has 1 heterocycles. The third-order valence-electron chi connectivity index (χ3n) is 5.44. The molecule has 0 aromatic heterocycles. The van der Waals surface area contributed by atoms with Crippen LogP contribution in [0, 0.1) is 5.82 Å². The molecule has 160 valence electrons. The highest BCUT2D eigenvalue weighted by molar-refractivity contribution is 7.89. The summed E-state index contributed by atoms with van der Waals surface area (Å²) in [5.74, 6) is -0.799. The van der Waals surface area contributed by atoms with E-state index in [0.29, 0.717) is 13.1 Å². The predicted octanol–water partition coefficient (Wildman–Crippen LogP) is 3.30. The molecule has 1 aliphatic rings. The zero-order chi connectivity index (χ0) is 21.8. The van der Waals surface area contributed by atoms with Crippen molar-refractivity contribution in [3.05, 3.63) is 101 Å². The molecule has 4 rings (SSSR count). The lowest BCUT2D eigenvalue weighted by atomic mass is 9.98. The van der Waals surface area contributed by atoms with Crippen molar-refractivity contribution >= 4 is 15.9 Å². The number of carbonyl (C=O) groups excluding carboxylic acids is 1. The Morgan fingerprint density at radius 2 is 1.58 bits per heavy atom. The van der Waals surface area contributed by atoms with Gasteiger partial charge in [-0.25, -0.2) is 12.8 Å². The van der Waals surface area contributed by atoms with Crippen LogP contribution in [0.1, 0.15) is 16.7 Å². The Hall–Kier alpha value is -3.03. The van der Waals surface area contributed by atoms with Gasteiger partial charge in [-0.05, 0) is 53.8 Å². The second-order valence-electron chi connectivity index (χ2n) is 7.60. The highest BCUT2D eigenvalue weighted by Gasteiger charge is 2.31. The van der Waals surface area contributed by atoms with Gasteiger partial charge in [-0.1, -0.05) is 54.6 Å². The van der Waals surface area contributed by atoms with Gasteiger partial charge >= 0.3 is 0 Å². The van der Waals surface area contributed by atoms with Gasteiger partial charge in [-0.15, -0.1) is 0 Å². The summed E-state index contributed by atoms with van der Waals surface area (Å²) >= 11 is 0. The van der Waals surface area contributed by atoms with Crippen molar-refractivity contribution in [1.82, 2.24) is 9.62 Å². The number of hydrogen-bond acceptors (Lipinski definition) is 3. The molecule has 7 heteroatoms. The first-order chi connectivity index (χ1) is 14.9. The van der Waals surface area contributed by atoms with E-state index in [1.54, 1.807) is 4.90 Å². The van der Waals surface area contributed by atoms with E-state index >= 15 is 0 Å². The fraction of sp³-hybridized carbons (Fsp3) is 0.208. The zero-order valence-corrected chi connectivity index (χ0v) is 17.7. The number of benzene rings is 3. The van der Waals surface area contributed by atoms with E-state index in [1.165, 1.54) is 17.7 Å². The molecule has 0 fully saturated rings. The lowest BCUT2D eigenvalue weighted by molar-refractivity contribution is -0.133. The molecule has 1 aliphatic heterocycles. The Balaban J connectivity index is 1.60.